The van der Waals surface area contributed by atoms with E-state index in [-0.39, 0.29) is 5.82 Å². The van der Waals surface area contributed by atoms with Gasteiger partial charge in [-0.05, 0) is 25.1 Å². The van der Waals surface area contributed by atoms with Crippen LogP contribution in [0.25, 0.3) is 11.4 Å². The Morgan fingerprint density at radius 3 is 2.08 bits per heavy atom. The zero-order valence-corrected chi connectivity index (χ0v) is 21.4. The molecular formula is C27H31F3N8. The molecule has 38 heavy (non-hydrogen) atoms. The molecule has 0 atom stereocenters. The third-order valence-electron chi connectivity index (χ3n) is 6.88. The van der Waals surface area contributed by atoms with Crippen molar-refractivity contribution in [3.63, 3.8) is 0 Å². The van der Waals surface area contributed by atoms with E-state index in [4.69, 9.17) is 15.0 Å². The third-order valence-corrected chi connectivity index (χ3v) is 6.88. The topological polar surface area (TPSA) is 64.5 Å². The summed E-state index contributed by atoms with van der Waals surface area (Å²) in [5.74, 6) is 1.72. The van der Waals surface area contributed by atoms with E-state index < -0.39 is 11.7 Å². The second kappa shape index (κ2) is 10.9. The smallest absolute Gasteiger partial charge is 0.353 e. The van der Waals surface area contributed by atoms with Crippen LogP contribution in [0.1, 0.15) is 11.1 Å². The molecule has 0 N–H and O–H groups in total. The molecule has 11 heteroatoms. The van der Waals surface area contributed by atoms with Crippen LogP contribution in [0.15, 0.2) is 55.3 Å². The molecule has 0 amide bonds. The number of pyridine rings is 1. The Kier molecular flexibility index (Phi) is 7.46. The molecule has 0 bridgehead atoms. The lowest BCUT2D eigenvalue weighted by atomic mass is 10.1. The van der Waals surface area contributed by atoms with E-state index in [1.165, 1.54) is 12.3 Å². The lowest BCUT2D eigenvalue weighted by Gasteiger charge is -2.37. The van der Waals surface area contributed by atoms with Gasteiger partial charge in [0.25, 0.3) is 0 Å². The first kappa shape index (κ1) is 25.9. The second-order valence-electron chi connectivity index (χ2n) is 9.55. The summed E-state index contributed by atoms with van der Waals surface area (Å²) in [6, 6.07) is 10.4. The Labute approximate surface area is 220 Å². The van der Waals surface area contributed by atoms with Crippen LogP contribution in [-0.2, 0) is 6.18 Å². The number of aryl methyl sites for hydroxylation is 1. The van der Waals surface area contributed by atoms with Crippen LogP contribution in [0.3, 0.4) is 0 Å². The molecule has 0 saturated carbocycles. The summed E-state index contributed by atoms with van der Waals surface area (Å²) < 4.78 is 40.7. The normalized spacial score (nSPS) is 17.1. The minimum atomic E-state index is -4.46. The number of alkyl halides is 3. The molecule has 2 aliphatic rings. The van der Waals surface area contributed by atoms with Crippen LogP contribution >= 0.6 is 0 Å². The Balaban J connectivity index is 1.40. The fourth-order valence-corrected chi connectivity index (χ4v) is 4.85. The van der Waals surface area contributed by atoms with Crippen molar-refractivity contribution in [1.29, 1.82) is 0 Å². The largest absolute Gasteiger partial charge is 0.419 e. The molecule has 4 heterocycles. The Morgan fingerprint density at radius 2 is 1.47 bits per heavy atom. The van der Waals surface area contributed by atoms with Gasteiger partial charge in [-0.3, -0.25) is 4.90 Å². The first-order chi connectivity index (χ1) is 18.3. The van der Waals surface area contributed by atoms with E-state index in [1.54, 1.807) is 4.90 Å². The molecule has 3 aromatic rings. The molecule has 2 fully saturated rings. The van der Waals surface area contributed by atoms with Crippen LogP contribution in [-0.4, -0.2) is 83.7 Å². The lowest BCUT2D eigenvalue weighted by molar-refractivity contribution is -0.137. The number of benzene rings is 1. The minimum Gasteiger partial charge on any atom is -0.353 e. The molecular weight excluding hydrogens is 493 g/mol. The highest BCUT2D eigenvalue weighted by atomic mass is 19.4. The number of hydrogen-bond donors (Lipinski definition) is 0. The van der Waals surface area contributed by atoms with Crippen molar-refractivity contribution >= 4 is 17.7 Å². The maximum Gasteiger partial charge on any atom is 0.419 e. The maximum atomic E-state index is 13.6. The van der Waals surface area contributed by atoms with E-state index in [0.29, 0.717) is 43.9 Å². The van der Waals surface area contributed by atoms with Gasteiger partial charge in [-0.1, -0.05) is 29.8 Å². The first-order valence-electron chi connectivity index (χ1n) is 12.8. The van der Waals surface area contributed by atoms with Crippen molar-refractivity contribution in [2.24, 2.45) is 0 Å². The van der Waals surface area contributed by atoms with Crippen molar-refractivity contribution < 1.29 is 13.2 Å². The van der Waals surface area contributed by atoms with Crippen molar-refractivity contribution in [1.82, 2.24) is 24.8 Å². The second-order valence-corrected chi connectivity index (χ2v) is 9.55. The van der Waals surface area contributed by atoms with Gasteiger partial charge < -0.3 is 14.7 Å². The van der Waals surface area contributed by atoms with E-state index in [1.807, 2.05) is 42.2 Å². The number of aromatic nitrogens is 4. The number of halogens is 3. The van der Waals surface area contributed by atoms with Gasteiger partial charge >= 0.3 is 6.18 Å². The SMILES string of the molecule is C=CCN1CCN(c2nc(-c3cccc(C)c3)nc(N3CCN(c4ncccc4C(F)(F)F)CC3)n2)CC1. The molecule has 2 saturated heterocycles. The summed E-state index contributed by atoms with van der Waals surface area (Å²) in [5.41, 5.74) is 1.30. The maximum absolute atomic E-state index is 13.6. The summed E-state index contributed by atoms with van der Waals surface area (Å²) in [6.07, 6.45) is -1.14. The predicted molar refractivity (Wildman–Crippen MR) is 143 cm³/mol. The van der Waals surface area contributed by atoms with E-state index >= 15 is 0 Å². The molecule has 200 valence electrons. The van der Waals surface area contributed by atoms with E-state index in [9.17, 15) is 13.2 Å². The van der Waals surface area contributed by atoms with E-state index in [0.717, 1.165) is 49.9 Å². The molecule has 2 aromatic heterocycles. The molecule has 5 rings (SSSR count). The molecule has 8 nitrogen and oxygen atoms in total. The fourth-order valence-electron chi connectivity index (χ4n) is 4.85. The van der Waals surface area contributed by atoms with Gasteiger partial charge in [0.1, 0.15) is 5.82 Å². The van der Waals surface area contributed by atoms with Crippen molar-refractivity contribution in [3.05, 3.63) is 66.4 Å². The monoisotopic (exact) mass is 524 g/mol. The number of anilines is 3. The highest BCUT2D eigenvalue weighted by Crippen LogP contribution is 2.35. The molecule has 2 aliphatic heterocycles. The van der Waals surface area contributed by atoms with Crippen LogP contribution in [0.5, 0.6) is 0 Å². The highest BCUT2D eigenvalue weighted by Gasteiger charge is 2.36. The van der Waals surface area contributed by atoms with Gasteiger partial charge in [0, 0.05) is 70.7 Å². The standard InChI is InChI=1S/C27H31F3N8/c1-3-10-35-11-13-37(14-12-35)25-32-23(21-7-4-6-20(2)19-21)33-26(34-25)38-17-15-36(16-18-38)24-22(27(28,29)30)8-5-9-31-24/h3-9,19H,1,10-18H2,2H3. The average Bonchev–Trinajstić information content (AvgIpc) is 2.93. The Hall–Kier alpha value is -3.73. The minimum absolute atomic E-state index is 0.0335. The van der Waals surface area contributed by atoms with Gasteiger partial charge in [0.15, 0.2) is 5.82 Å². The number of rotatable bonds is 6. The van der Waals surface area contributed by atoms with Gasteiger partial charge in [0.2, 0.25) is 11.9 Å². The summed E-state index contributed by atoms with van der Waals surface area (Å²) in [7, 11) is 0. The zero-order valence-electron chi connectivity index (χ0n) is 21.4. The molecule has 0 spiro atoms. The summed E-state index contributed by atoms with van der Waals surface area (Å²) in [4.78, 5) is 26.7. The Morgan fingerprint density at radius 1 is 0.842 bits per heavy atom. The lowest BCUT2D eigenvalue weighted by Crippen LogP contribution is -2.49. The Bertz CT molecular complexity index is 1270. The fraction of sp³-hybridized carbons (Fsp3) is 0.407. The summed E-state index contributed by atoms with van der Waals surface area (Å²) >= 11 is 0. The number of hydrogen-bond acceptors (Lipinski definition) is 8. The zero-order chi connectivity index (χ0) is 26.7. The predicted octanol–water partition coefficient (Wildman–Crippen LogP) is 3.90. The number of piperazine rings is 2. The molecule has 1 aromatic carbocycles. The van der Waals surface area contributed by atoms with Gasteiger partial charge in [0.05, 0.1) is 5.56 Å². The molecule has 0 radical (unpaired) electrons. The van der Waals surface area contributed by atoms with Gasteiger partial charge in [-0.2, -0.15) is 28.1 Å². The van der Waals surface area contributed by atoms with Crippen molar-refractivity contribution in [2.75, 3.05) is 73.6 Å². The van der Waals surface area contributed by atoms with Crippen LogP contribution in [0, 0.1) is 6.92 Å². The third kappa shape index (κ3) is 5.72. The first-order valence-corrected chi connectivity index (χ1v) is 12.8. The average molecular weight is 525 g/mol. The molecule has 0 aliphatic carbocycles. The van der Waals surface area contributed by atoms with Gasteiger partial charge in [-0.25, -0.2) is 4.98 Å². The quantitative estimate of drug-likeness (QED) is 0.450. The molecule has 0 unspecified atom stereocenters. The van der Waals surface area contributed by atoms with Crippen LogP contribution < -0.4 is 14.7 Å². The van der Waals surface area contributed by atoms with E-state index in [2.05, 4.69) is 21.4 Å². The van der Waals surface area contributed by atoms with Crippen LogP contribution in [0.2, 0.25) is 0 Å². The highest BCUT2D eigenvalue weighted by molar-refractivity contribution is 5.60. The van der Waals surface area contributed by atoms with Crippen molar-refractivity contribution in [2.45, 2.75) is 13.1 Å². The summed E-state index contributed by atoms with van der Waals surface area (Å²) in [5, 5.41) is 0. The van der Waals surface area contributed by atoms with Crippen molar-refractivity contribution in [3.8, 4) is 11.4 Å². The van der Waals surface area contributed by atoms with Gasteiger partial charge in [-0.15, -0.1) is 6.58 Å². The van der Waals surface area contributed by atoms with Crippen LogP contribution in [0.4, 0.5) is 30.9 Å². The number of nitrogens with zero attached hydrogens (tertiary/aromatic N) is 8. The summed E-state index contributed by atoms with van der Waals surface area (Å²) in [6.45, 7) is 11.7.